The number of likely N-dealkylation sites (tertiary alicyclic amines) is 1. The van der Waals surface area contributed by atoms with Gasteiger partial charge in [-0.3, -0.25) is 9.69 Å². The molecule has 36 heavy (non-hydrogen) atoms. The summed E-state index contributed by atoms with van der Waals surface area (Å²) in [7, 11) is 0. The molecule has 188 valence electrons. The van der Waals surface area contributed by atoms with Crippen LogP contribution < -0.4 is 0 Å². The molecular formula is C31H36ClN3O. The molecular weight excluding hydrogens is 466 g/mol. The van der Waals surface area contributed by atoms with E-state index >= 15 is 0 Å². The van der Waals surface area contributed by atoms with Crippen LogP contribution in [0.4, 0.5) is 0 Å². The van der Waals surface area contributed by atoms with E-state index in [2.05, 4.69) is 87.5 Å². The number of benzene rings is 3. The smallest absolute Gasteiger partial charge is 0.223 e. The molecule has 0 radical (unpaired) electrons. The normalized spacial score (nSPS) is 19.7. The average Bonchev–Trinajstić information content (AvgIpc) is 2.92. The largest absolute Gasteiger partial charge is 0.336 e. The third-order valence-electron chi connectivity index (χ3n) is 7.70. The summed E-state index contributed by atoms with van der Waals surface area (Å²) in [5.74, 6) is 0.291. The molecule has 3 aromatic carbocycles. The van der Waals surface area contributed by atoms with Crippen LogP contribution in [0.5, 0.6) is 0 Å². The molecule has 2 aliphatic rings. The van der Waals surface area contributed by atoms with Gasteiger partial charge in [0.25, 0.3) is 0 Å². The average molecular weight is 502 g/mol. The minimum absolute atomic E-state index is 0.179. The van der Waals surface area contributed by atoms with Gasteiger partial charge >= 0.3 is 0 Å². The number of hydrogen-bond donors (Lipinski definition) is 0. The van der Waals surface area contributed by atoms with Crippen molar-refractivity contribution in [1.29, 1.82) is 0 Å². The molecule has 1 unspecified atom stereocenters. The van der Waals surface area contributed by atoms with Crippen molar-refractivity contribution in [2.24, 2.45) is 0 Å². The maximum absolute atomic E-state index is 12.8. The van der Waals surface area contributed by atoms with Gasteiger partial charge in [0, 0.05) is 44.2 Å². The SMILES string of the molecule is O=C1CCCC(c2ccc(Cl)cc2)N1CCCN1CCN(C(c2ccccc2)c2ccccc2)CC1. The lowest BCUT2D eigenvalue weighted by molar-refractivity contribution is -0.136. The number of amides is 1. The molecule has 5 rings (SSSR count). The minimum atomic E-state index is 0.179. The zero-order chi connectivity index (χ0) is 24.7. The highest BCUT2D eigenvalue weighted by molar-refractivity contribution is 6.30. The maximum atomic E-state index is 12.8. The zero-order valence-corrected chi connectivity index (χ0v) is 21.7. The Balaban J connectivity index is 1.17. The van der Waals surface area contributed by atoms with Crippen molar-refractivity contribution in [2.75, 3.05) is 39.3 Å². The molecule has 2 fully saturated rings. The summed E-state index contributed by atoms with van der Waals surface area (Å²) < 4.78 is 0. The van der Waals surface area contributed by atoms with Crippen LogP contribution in [0.3, 0.4) is 0 Å². The first-order valence-electron chi connectivity index (χ1n) is 13.3. The molecule has 1 amide bonds. The van der Waals surface area contributed by atoms with E-state index in [9.17, 15) is 4.79 Å². The number of carbonyl (C=O) groups excluding carboxylic acids is 1. The predicted molar refractivity (Wildman–Crippen MR) is 147 cm³/mol. The van der Waals surface area contributed by atoms with Crippen molar-refractivity contribution in [3.63, 3.8) is 0 Å². The molecule has 0 spiro atoms. The molecule has 4 nitrogen and oxygen atoms in total. The van der Waals surface area contributed by atoms with Gasteiger partial charge in [-0.1, -0.05) is 84.4 Å². The van der Waals surface area contributed by atoms with Gasteiger partial charge in [0.15, 0.2) is 0 Å². The molecule has 2 aliphatic heterocycles. The van der Waals surface area contributed by atoms with Crippen LogP contribution >= 0.6 is 11.6 Å². The Kier molecular flexibility index (Phi) is 8.37. The van der Waals surface area contributed by atoms with Crippen LogP contribution in [0.15, 0.2) is 84.9 Å². The van der Waals surface area contributed by atoms with E-state index in [1.807, 2.05) is 12.1 Å². The van der Waals surface area contributed by atoms with Gasteiger partial charge in [-0.15, -0.1) is 0 Å². The number of rotatable bonds is 8. The van der Waals surface area contributed by atoms with Crippen molar-refractivity contribution in [2.45, 2.75) is 37.8 Å². The second kappa shape index (κ2) is 12.1. The van der Waals surface area contributed by atoms with Crippen molar-refractivity contribution < 1.29 is 4.79 Å². The molecule has 2 saturated heterocycles. The summed E-state index contributed by atoms with van der Waals surface area (Å²) >= 11 is 6.10. The van der Waals surface area contributed by atoms with Crippen LogP contribution in [-0.2, 0) is 4.79 Å². The molecule has 1 atom stereocenters. The fourth-order valence-corrected chi connectivity index (χ4v) is 5.95. The second-order valence-corrected chi connectivity index (χ2v) is 10.4. The quantitative estimate of drug-likeness (QED) is 0.368. The molecule has 0 saturated carbocycles. The zero-order valence-electron chi connectivity index (χ0n) is 20.9. The van der Waals surface area contributed by atoms with Crippen LogP contribution in [-0.4, -0.2) is 59.9 Å². The topological polar surface area (TPSA) is 26.8 Å². The monoisotopic (exact) mass is 501 g/mol. The summed E-state index contributed by atoms with van der Waals surface area (Å²) in [5.41, 5.74) is 3.91. The molecule has 5 heteroatoms. The second-order valence-electron chi connectivity index (χ2n) is 10.0. The van der Waals surface area contributed by atoms with E-state index in [0.717, 1.165) is 63.6 Å². The maximum Gasteiger partial charge on any atom is 0.223 e. The van der Waals surface area contributed by atoms with Gasteiger partial charge in [0.2, 0.25) is 5.91 Å². The lowest BCUT2D eigenvalue weighted by Gasteiger charge is -2.40. The summed E-state index contributed by atoms with van der Waals surface area (Å²) in [6, 6.07) is 30.2. The summed E-state index contributed by atoms with van der Waals surface area (Å²) in [6.45, 7) is 6.07. The number of carbonyl (C=O) groups is 1. The Morgan fingerprint density at radius 1 is 0.778 bits per heavy atom. The molecule has 2 heterocycles. The van der Waals surface area contributed by atoms with Crippen molar-refractivity contribution >= 4 is 17.5 Å². The van der Waals surface area contributed by atoms with E-state index in [1.54, 1.807) is 0 Å². The molecule has 0 bridgehead atoms. The Morgan fingerprint density at radius 3 is 2.00 bits per heavy atom. The first kappa shape index (κ1) is 25.0. The van der Waals surface area contributed by atoms with Crippen LogP contribution in [0.2, 0.25) is 5.02 Å². The van der Waals surface area contributed by atoms with Crippen LogP contribution in [0, 0.1) is 0 Å². The molecule has 3 aromatic rings. The van der Waals surface area contributed by atoms with Crippen molar-refractivity contribution in [3.05, 3.63) is 107 Å². The van der Waals surface area contributed by atoms with Gasteiger partial charge in [-0.2, -0.15) is 0 Å². The Morgan fingerprint density at radius 2 is 1.39 bits per heavy atom. The Hall–Kier alpha value is -2.66. The van der Waals surface area contributed by atoms with E-state index in [1.165, 1.54) is 16.7 Å². The van der Waals surface area contributed by atoms with Gasteiger partial charge < -0.3 is 9.80 Å². The Labute approximate surface area is 220 Å². The molecule has 0 aromatic heterocycles. The van der Waals surface area contributed by atoms with Crippen molar-refractivity contribution in [1.82, 2.24) is 14.7 Å². The minimum Gasteiger partial charge on any atom is -0.336 e. The van der Waals surface area contributed by atoms with E-state index in [4.69, 9.17) is 11.6 Å². The fraction of sp³-hybridized carbons (Fsp3) is 0.387. The van der Waals surface area contributed by atoms with E-state index in [0.29, 0.717) is 18.4 Å². The van der Waals surface area contributed by atoms with E-state index in [-0.39, 0.29) is 6.04 Å². The molecule has 0 N–H and O–H groups in total. The molecule has 0 aliphatic carbocycles. The van der Waals surface area contributed by atoms with Crippen LogP contribution in [0.25, 0.3) is 0 Å². The summed E-state index contributed by atoms with van der Waals surface area (Å²) in [4.78, 5) is 20.1. The van der Waals surface area contributed by atoms with Gasteiger partial charge in [0.05, 0.1) is 12.1 Å². The highest BCUT2D eigenvalue weighted by Gasteiger charge is 2.30. The van der Waals surface area contributed by atoms with Gasteiger partial charge in [-0.05, 0) is 54.6 Å². The number of hydrogen-bond acceptors (Lipinski definition) is 3. The van der Waals surface area contributed by atoms with Gasteiger partial charge in [0.1, 0.15) is 0 Å². The lowest BCUT2D eigenvalue weighted by Crippen LogP contribution is -2.48. The number of piperidine rings is 1. The third-order valence-corrected chi connectivity index (χ3v) is 7.95. The first-order valence-corrected chi connectivity index (χ1v) is 13.7. The summed E-state index contributed by atoms with van der Waals surface area (Å²) in [6.07, 6.45) is 3.68. The van der Waals surface area contributed by atoms with Gasteiger partial charge in [-0.25, -0.2) is 0 Å². The van der Waals surface area contributed by atoms with Crippen LogP contribution in [0.1, 0.15) is 54.5 Å². The number of nitrogens with zero attached hydrogens (tertiary/aromatic N) is 3. The predicted octanol–water partition coefficient (Wildman–Crippen LogP) is 6.19. The lowest BCUT2D eigenvalue weighted by atomic mass is 9.94. The van der Waals surface area contributed by atoms with Crippen molar-refractivity contribution in [3.8, 4) is 0 Å². The Bertz CT molecular complexity index is 1060. The first-order chi connectivity index (χ1) is 17.7. The summed E-state index contributed by atoms with van der Waals surface area (Å²) in [5, 5.41) is 0.744. The number of halogens is 1. The highest BCUT2D eigenvalue weighted by Crippen LogP contribution is 2.33. The fourth-order valence-electron chi connectivity index (χ4n) is 5.83. The third kappa shape index (κ3) is 6.00. The standard InChI is InChI=1S/C31H36ClN3O/c32-28-17-15-25(16-18-28)29-13-7-14-30(36)35(29)20-8-19-33-21-23-34(24-22-33)31(26-9-3-1-4-10-26)27-11-5-2-6-12-27/h1-6,9-12,15-18,29,31H,7-8,13-14,19-24H2. The van der Waals surface area contributed by atoms with E-state index < -0.39 is 0 Å². The highest BCUT2D eigenvalue weighted by atomic mass is 35.5. The number of piperazine rings is 1.